The number of nitrogens with zero attached hydrogens (tertiary/aromatic N) is 1. The Balaban J connectivity index is 1.49. The maximum atomic E-state index is 14.7. The summed E-state index contributed by atoms with van der Waals surface area (Å²) in [5, 5.41) is 3.71. The van der Waals surface area contributed by atoms with Gasteiger partial charge in [-0.2, -0.15) is 13.2 Å². The van der Waals surface area contributed by atoms with Crippen molar-refractivity contribution >= 4 is 40.0 Å². The number of aromatic nitrogens is 1. The summed E-state index contributed by atoms with van der Waals surface area (Å²) in [6.45, 7) is 0. The van der Waals surface area contributed by atoms with Gasteiger partial charge in [-0.05, 0) is 23.8 Å². The molecule has 1 spiro atoms. The van der Waals surface area contributed by atoms with E-state index < -0.39 is 29.1 Å². The molecule has 0 saturated carbocycles. The Kier molecular flexibility index (Phi) is 5.09. The van der Waals surface area contributed by atoms with Crippen LogP contribution in [0.4, 0.5) is 18.9 Å². The number of carbonyl (C=O) groups excluding carboxylic acids is 2. The minimum Gasteiger partial charge on any atom is -0.360 e. The van der Waals surface area contributed by atoms with E-state index >= 15 is 0 Å². The van der Waals surface area contributed by atoms with Crippen LogP contribution in [0.25, 0.3) is 10.9 Å². The summed E-state index contributed by atoms with van der Waals surface area (Å²) in [6, 6.07) is 19.7. The van der Waals surface area contributed by atoms with E-state index in [0.717, 1.165) is 23.0 Å². The Morgan fingerprint density at radius 1 is 1.03 bits per heavy atom. The van der Waals surface area contributed by atoms with Crippen LogP contribution in [0.1, 0.15) is 33.0 Å². The van der Waals surface area contributed by atoms with E-state index in [1.807, 2.05) is 48.5 Å². The number of Topliss-reactive ketones (excluding diaryl/α,β-unsaturated/α-hetero) is 1. The van der Waals surface area contributed by atoms with Crippen LogP contribution in [-0.2, 0) is 16.5 Å². The SMILES string of the molecule is O=C(c1c[nH]c2ccccc12)[C@@H]1[C@@H](c2cccc(C(F)(F)F)c2)[C@@H]2CSCN2[C@@]12C(=O)Nc1ccccc12. The van der Waals surface area contributed by atoms with E-state index in [9.17, 15) is 22.8 Å². The molecule has 4 atom stereocenters. The first-order valence-corrected chi connectivity index (χ1v) is 13.5. The standard InChI is InChI=1S/C29H22F3N3O2S/c30-29(31,32)17-7-5-6-16(12-17)24-23-14-38-15-35(23)28(20-9-2-4-11-22(20)34-27(28)37)25(24)26(36)19-13-33-21-10-3-1-8-18(19)21/h1-13,23-25,33H,14-15H2,(H,34,37)/t23-,24-,25-,28+/m0/s1. The highest BCUT2D eigenvalue weighted by Crippen LogP contribution is 2.61. The minimum atomic E-state index is -4.52. The average molecular weight is 534 g/mol. The molecule has 2 saturated heterocycles. The number of para-hydroxylation sites is 2. The van der Waals surface area contributed by atoms with E-state index in [0.29, 0.717) is 34.0 Å². The van der Waals surface area contributed by atoms with Crippen molar-refractivity contribution in [3.63, 3.8) is 0 Å². The lowest BCUT2D eigenvalue weighted by Gasteiger charge is -2.36. The van der Waals surface area contributed by atoms with Crippen molar-refractivity contribution in [1.82, 2.24) is 9.88 Å². The lowest BCUT2D eigenvalue weighted by molar-refractivity contribution is -0.137. The quantitative estimate of drug-likeness (QED) is 0.317. The molecular formula is C29H22F3N3O2S. The Morgan fingerprint density at radius 2 is 1.82 bits per heavy atom. The van der Waals surface area contributed by atoms with Gasteiger partial charge in [0.2, 0.25) is 5.91 Å². The third-order valence-corrected chi connectivity index (χ3v) is 9.30. The molecule has 4 aromatic rings. The molecule has 1 amide bonds. The molecule has 38 heavy (non-hydrogen) atoms. The second kappa shape index (κ2) is 8.22. The molecule has 5 nitrogen and oxygen atoms in total. The molecule has 2 fully saturated rings. The zero-order chi connectivity index (χ0) is 26.2. The first kappa shape index (κ1) is 23.5. The minimum absolute atomic E-state index is 0.254. The predicted molar refractivity (Wildman–Crippen MR) is 140 cm³/mol. The fourth-order valence-electron chi connectivity index (χ4n) is 6.77. The maximum absolute atomic E-state index is 14.7. The van der Waals surface area contributed by atoms with Gasteiger partial charge in [0, 0.05) is 57.5 Å². The molecular weight excluding hydrogens is 511 g/mol. The molecule has 0 bridgehead atoms. The van der Waals surface area contributed by atoms with Gasteiger partial charge in [-0.1, -0.05) is 54.6 Å². The second-order valence-corrected chi connectivity index (χ2v) is 11.0. The molecule has 3 aromatic carbocycles. The predicted octanol–water partition coefficient (Wildman–Crippen LogP) is 6.01. The van der Waals surface area contributed by atoms with E-state index in [-0.39, 0.29) is 17.7 Å². The third-order valence-electron chi connectivity index (χ3n) is 8.26. The number of halogens is 3. The van der Waals surface area contributed by atoms with Crippen LogP contribution in [0, 0.1) is 5.92 Å². The number of alkyl halides is 3. The van der Waals surface area contributed by atoms with E-state index in [1.54, 1.807) is 24.0 Å². The molecule has 3 aliphatic heterocycles. The van der Waals surface area contributed by atoms with Gasteiger partial charge in [0.15, 0.2) is 5.78 Å². The number of fused-ring (bicyclic) bond motifs is 5. The number of nitrogens with one attached hydrogen (secondary N) is 2. The Morgan fingerprint density at radius 3 is 2.66 bits per heavy atom. The first-order chi connectivity index (χ1) is 18.3. The van der Waals surface area contributed by atoms with E-state index in [4.69, 9.17) is 0 Å². The van der Waals surface area contributed by atoms with Gasteiger partial charge in [0.25, 0.3) is 0 Å². The van der Waals surface area contributed by atoms with Crippen molar-refractivity contribution < 1.29 is 22.8 Å². The molecule has 1 aromatic heterocycles. The Bertz CT molecular complexity index is 1620. The molecule has 0 unspecified atom stereocenters. The molecule has 0 radical (unpaired) electrons. The zero-order valence-electron chi connectivity index (χ0n) is 20.0. The van der Waals surface area contributed by atoms with Crippen molar-refractivity contribution in [2.24, 2.45) is 5.92 Å². The van der Waals surface area contributed by atoms with Crippen LogP contribution in [0.3, 0.4) is 0 Å². The number of H-pyrrole nitrogens is 1. The lowest BCUT2D eigenvalue weighted by atomic mass is 9.69. The number of rotatable bonds is 3. The number of aromatic amines is 1. The number of carbonyl (C=O) groups is 2. The fraction of sp³-hybridized carbons (Fsp3) is 0.241. The highest BCUT2D eigenvalue weighted by molar-refractivity contribution is 7.99. The van der Waals surface area contributed by atoms with Crippen LogP contribution in [0.5, 0.6) is 0 Å². The Labute approximate surface area is 220 Å². The monoisotopic (exact) mass is 533 g/mol. The number of thioether (sulfide) groups is 1. The molecule has 2 N–H and O–H groups in total. The average Bonchev–Trinajstić information content (AvgIpc) is 3.66. The summed E-state index contributed by atoms with van der Waals surface area (Å²) in [6.07, 6.45) is -2.87. The van der Waals surface area contributed by atoms with Crippen LogP contribution in [0.15, 0.2) is 79.0 Å². The lowest BCUT2D eigenvalue weighted by Crippen LogP contribution is -2.52. The van der Waals surface area contributed by atoms with Crippen molar-refractivity contribution in [3.8, 4) is 0 Å². The fourth-order valence-corrected chi connectivity index (χ4v) is 8.10. The van der Waals surface area contributed by atoms with Gasteiger partial charge in [-0.15, -0.1) is 11.8 Å². The maximum Gasteiger partial charge on any atom is 0.416 e. The highest BCUT2D eigenvalue weighted by Gasteiger charge is 2.69. The molecule has 0 aliphatic carbocycles. The summed E-state index contributed by atoms with van der Waals surface area (Å²) < 4.78 is 41.3. The topological polar surface area (TPSA) is 65.2 Å². The number of hydrogen-bond donors (Lipinski definition) is 2. The largest absolute Gasteiger partial charge is 0.416 e. The third kappa shape index (κ3) is 3.12. The van der Waals surface area contributed by atoms with Gasteiger partial charge >= 0.3 is 6.18 Å². The van der Waals surface area contributed by atoms with Gasteiger partial charge in [0.1, 0.15) is 5.54 Å². The summed E-state index contributed by atoms with van der Waals surface area (Å²) in [5.41, 5.74) is 0.880. The number of ketones is 1. The number of amides is 1. The van der Waals surface area contributed by atoms with Crippen molar-refractivity contribution in [3.05, 3.63) is 101 Å². The molecule has 3 aliphatic rings. The summed E-state index contributed by atoms with van der Waals surface area (Å²) in [4.78, 5) is 33.9. The van der Waals surface area contributed by atoms with Crippen molar-refractivity contribution in [1.29, 1.82) is 0 Å². The van der Waals surface area contributed by atoms with Crippen LogP contribution in [-0.4, -0.2) is 39.2 Å². The number of hydrogen-bond acceptors (Lipinski definition) is 4. The van der Waals surface area contributed by atoms with Crippen LogP contribution >= 0.6 is 11.8 Å². The number of anilines is 1. The molecule has 7 rings (SSSR count). The van der Waals surface area contributed by atoms with Gasteiger partial charge in [0.05, 0.1) is 11.5 Å². The van der Waals surface area contributed by atoms with Gasteiger partial charge < -0.3 is 10.3 Å². The molecule has 192 valence electrons. The van der Waals surface area contributed by atoms with E-state index in [1.165, 1.54) is 6.07 Å². The first-order valence-electron chi connectivity index (χ1n) is 12.3. The van der Waals surface area contributed by atoms with E-state index in [2.05, 4.69) is 15.2 Å². The normalized spacial score (nSPS) is 26.6. The zero-order valence-corrected chi connectivity index (χ0v) is 20.8. The summed E-state index contributed by atoms with van der Waals surface area (Å²) in [5.74, 6) is -1.00. The number of benzene rings is 3. The summed E-state index contributed by atoms with van der Waals surface area (Å²) >= 11 is 1.63. The summed E-state index contributed by atoms with van der Waals surface area (Å²) in [7, 11) is 0. The van der Waals surface area contributed by atoms with Crippen LogP contribution < -0.4 is 5.32 Å². The molecule has 9 heteroatoms. The van der Waals surface area contributed by atoms with Crippen LogP contribution in [0.2, 0.25) is 0 Å². The second-order valence-electron chi connectivity index (χ2n) is 10.0. The van der Waals surface area contributed by atoms with Gasteiger partial charge in [-0.3, -0.25) is 14.5 Å². The smallest absolute Gasteiger partial charge is 0.360 e. The van der Waals surface area contributed by atoms with Crippen molar-refractivity contribution in [2.75, 3.05) is 16.9 Å². The highest BCUT2D eigenvalue weighted by atomic mass is 32.2. The van der Waals surface area contributed by atoms with Gasteiger partial charge in [-0.25, -0.2) is 0 Å². The molecule has 4 heterocycles. The Hall–Kier alpha value is -3.56. The van der Waals surface area contributed by atoms with Crippen molar-refractivity contribution in [2.45, 2.75) is 23.7 Å².